The SMILES string of the molecule is Cc1nn(C)c(OCC2(N)CCCCC2)c1[N+](=O)[O-]. The molecule has 19 heavy (non-hydrogen) atoms. The van der Waals surface area contributed by atoms with Gasteiger partial charge in [-0.1, -0.05) is 19.3 Å². The number of hydrogen-bond acceptors (Lipinski definition) is 5. The number of aryl methyl sites for hydroxylation is 2. The molecule has 1 aliphatic carbocycles. The fourth-order valence-electron chi connectivity index (χ4n) is 2.61. The lowest BCUT2D eigenvalue weighted by Crippen LogP contribution is -2.47. The zero-order valence-corrected chi connectivity index (χ0v) is 11.4. The molecular weight excluding hydrogens is 248 g/mol. The highest BCUT2D eigenvalue weighted by Crippen LogP contribution is 2.32. The average molecular weight is 268 g/mol. The van der Waals surface area contributed by atoms with Gasteiger partial charge in [-0.05, 0) is 19.8 Å². The molecule has 1 heterocycles. The van der Waals surface area contributed by atoms with Crippen LogP contribution in [0.25, 0.3) is 0 Å². The normalized spacial score (nSPS) is 18.3. The second-order valence-corrected chi connectivity index (χ2v) is 5.33. The van der Waals surface area contributed by atoms with Crippen LogP contribution in [0, 0.1) is 17.0 Å². The summed E-state index contributed by atoms with van der Waals surface area (Å²) in [4.78, 5) is 10.6. The van der Waals surface area contributed by atoms with E-state index in [0.29, 0.717) is 12.3 Å². The largest absolute Gasteiger partial charge is 0.471 e. The third-order valence-electron chi connectivity index (χ3n) is 3.67. The molecule has 7 nitrogen and oxygen atoms in total. The summed E-state index contributed by atoms with van der Waals surface area (Å²) in [5.74, 6) is 0.192. The Labute approximate surface area is 111 Å². The zero-order chi connectivity index (χ0) is 14.0. The molecule has 2 N–H and O–H groups in total. The first-order chi connectivity index (χ1) is 8.93. The quantitative estimate of drug-likeness (QED) is 0.662. The molecule has 1 aromatic rings. The van der Waals surface area contributed by atoms with E-state index in [-0.39, 0.29) is 17.1 Å². The maximum absolute atomic E-state index is 11.0. The number of rotatable bonds is 4. The Balaban J connectivity index is 2.13. The van der Waals surface area contributed by atoms with Crippen LogP contribution in [0.5, 0.6) is 5.88 Å². The van der Waals surface area contributed by atoms with E-state index >= 15 is 0 Å². The average Bonchev–Trinajstić information content (AvgIpc) is 2.62. The van der Waals surface area contributed by atoms with Crippen molar-refractivity contribution in [3.8, 4) is 5.88 Å². The third-order valence-corrected chi connectivity index (χ3v) is 3.67. The lowest BCUT2D eigenvalue weighted by molar-refractivity contribution is -0.386. The van der Waals surface area contributed by atoms with Gasteiger partial charge in [0.1, 0.15) is 12.3 Å². The van der Waals surface area contributed by atoms with Gasteiger partial charge in [0.15, 0.2) is 0 Å². The Kier molecular flexibility index (Phi) is 3.75. The number of hydrogen-bond donors (Lipinski definition) is 1. The molecule has 7 heteroatoms. The number of ether oxygens (including phenoxy) is 1. The van der Waals surface area contributed by atoms with Crippen molar-refractivity contribution < 1.29 is 9.66 Å². The van der Waals surface area contributed by atoms with Crippen molar-refractivity contribution in [2.24, 2.45) is 12.8 Å². The molecule has 1 fully saturated rings. The standard InChI is InChI=1S/C12H20N4O3/c1-9-10(16(17)18)11(15(2)14-9)19-8-12(13)6-4-3-5-7-12/h3-8,13H2,1-2H3. The topological polar surface area (TPSA) is 96.2 Å². The van der Waals surface area contributed by atoms with Crippen molar-refractivity contribution in [3.63, 3.8) is 0 Å². The van der Waals surface area contributed by atoms with Crippen LogP contribution in [0.1, 0.15) is 37.8 Å². The van der Waals surface area contributed by atoms with Crippen molar-refractivity contribution in [2.45, 2.75) is 44.6 Å². The zero-order valence-electron chi connectivity index (χ0n) is 11.4. The molecular formula is C12H20N4O3. The second-order valence-electron chi connectivity index (χ2n) is 5.33. The fourth-order valence-corrected chi connectivity index (χ4v) is 2.61. The monoisotopic (exact) mass is 268 g/mol. The number of nitrogens with two attached hydrogens (primary N) is 1. The highest BCUT2D eigenvalue weighted by atomic mass is 16.6. The highest BCUT2D eigenvalue weighted by Gasteiger charge is 2.31. The van der Waals surface area contributed by atoms with Gasteiger partial charge < -0.3 is 10.5 Å². The molecule has 106 valence electrons. The lowest BCUT2D eigenvalue weighted by Gasteiger charge is -2.32. The minimum absolute atomic E-state index is 0.0677. The highest BCUT2D eigenvalue weighted by molar-refractivity contribution is 5.45. The van der Waals surface area contributed by atoms with E-state index in [1.165, 1.54) is 11.1 Å². The Morgan fingerprint density at radius 3 is 2.68 bits per heavy atom. The van der Waals surface area contributed by atoms with Crippen molar-refractivity contribution in [1.29, 1.82) is 0 Å². The van der Waals surface area contributed by atoms with Crippen molar-refractivity contribution >= 4 is 5.69 Å². The molecule has 0 spiro atoms. The van der Waals surface area contributed by atoms with Gasteiger partial charge in [-0.15, -0.1) is 0 Å². The van der Waals surface area contributed by atoms with Gasteiger partial charge in [-0.3, -0.25) is 10.1 Å². The Morgan fingerprint density at radius 2 is 2.11 bits per heavy atom. The van der Waals surface area contributed by atoms with E-state index in [9.17, 15) is 10.1 Å². The second kappa shape index (κ2) is 5.16. The summed E-state index contributed by atoms with van der Waals surface area (Å²) in [5, 5.41) is 15.1. The molecule has 1 aliphatic rings. The summed E-state index contributed by atoms with van der Waals surface area (Å²) in [6.45, 7) is 1.90. The van der Waals surface area contributed by atoms with E-state index in [1.807, 2.05) is 0 Å². The molecule has 0 aromatic carbocycles. The van der Waals surface area contributed by atoms with E-state index in [2.05, 4.69) is 5.10 Å². The molecule has 1 aromatic heterocycles. The first-order valence-corrected chi connectivity index (χ1v) is 6.53. The number of nitrogens with zero attached hydrogens (tertiary/aromatic N) is 3. The van der Waals surface area contributed by atoms with Crippen molar-refractivity contribution in [1.82, 2.24) is 9.78 Å². The maximum Gasteiger partial charge on any atom is 0.353 e. The van der Waals surface area contributed by atoms with Crippen molar-refractivity contribution in [3.05, 3.63) is 15.8 Å². The van der Waals surface area contributed by atoms with Crippen LogP contribution in [-0.4, -0.2) is 26.8 Å². The van der Waals surface area contributed by atoms with Crippen LogP contribution in [0.3, 0.4) is 0 Å². The summed E-state index contributed by atoms with van der Waals surface area (Å²) in [6, 6.07) is 0. The summed E-state index contributed by atoms with van der Waals surface area (Å²) in [5.41, 5.74) is 6.19. The minimum Gasteiger partial charge on any atom is -0.471 e. The summed E-state index contributed by atoms with van der Waals surface area (Å²) in [6.07, 6.45) is 5.18. The third kappa shape index (κ3) is 2.86. The van der Waals surface area contributed by atoms with Crippen LogP contribution in [0.2, 0.25) is 0 Å². The predicted molar refractivity (Wildman–Crippen MR) is 70.1 cm³/mol. The Bertz CT molecular complexity index is 478. The van der Waals surface area contributed by atoms with Crippen LogP contribution in [0.15, 0.2) is 0 Å². The fraction of sp³-hybridized carbons (Fsp3) is 0.750. The van der Waals surface area contributed by atoms with Gasteiger partial charge in [0, 0.05) is 7.05 Å². The van der Waals surface area contributed by atoms with Crippen LogP contribution in [-0.2, 0) is 7.05 Å². The first kappa shape index (κ1) is 13.8. The molecule has 0 amide bonds. The van der Waals surface area contributed by atoms with Crippen LogP contribution < -0.4 is 10.5 Å². The molecule has 1 saturated carbocycles. The van der Waals surface area contributed by atoms with E-state index in [1.54, 1.807) is 14.0 Å². The molecule has 2 rings (SSSR count). The van der Waals surface area contributed by atoms with Gasteiger partial charge in [-0.2, -0.15) is 5.10 Å². The van der Waals surface area contributed by atoms with Crippen LogP contribution in [0.4, 0.5) is 5.69 Å². The summed E-state index contributed by atoms with van der Waals surface area (Å²) < 4.78 is 7.03. The first-order valence-electron chi connectivity index (χ1n) is 6.53. The number of aromatic nitrogens is 2. The molecule has 0 unspecified atom stereocenters. The number of nitro groups is 1. The lowest BCUT2D eigenvalue weighted by atomic mass is 9.83. The van der Waals surface area contributed by atoms with E-state index < -0.39 is 4.92 Å². The summed E-state index contributed by atoms with van der Waals surface area (Å²) in [7, 11) is 1.64. The van der Waals surface area contributed by atoms with Crippen LogP contribution >= 0.6 is 0 Å². The minimum atomic E-state index is -0.457. The molecule has 0 radical (unpaired) electrons. The molecule has 0 bridgehead atoms. The summed E-state index contributed by atoms with van der Waals surface area (Å²) >= 11 is 0. The molecule has 0 saturated heterocycles. The van der Waals surface area contributed by atoms with Gasteiger partial charge >= 0.3 is 5.69 Å². The Hall–Kier alpha value is -1.63. The van der Waals surface area contributed by atoms with Gasteiger partial charge in [0.05, 0.1) is 10.5 Å². The predicted octanol–water partition coefficient (Wildman–Crippen LogP) is 1.68. The van der Waals surface area contributed by atoms with Gasteiger partial charge in [-0.25, -0.2) is 4.68 Å². The smallest absolute Gasteiger partial charge is 0.353 e. The van der Waals surface area contributed by atoms with E-state index in [4.69, 9.17) is 10.5 Å². The Morgan fingerprint density at radius 1 is 1.47 bits per heavy atom. The molecule has 0 atom stereocenters. The maximum atomic E-state index is 11.0. The van der Waals surface area contributed by atoms with E-state index in [0.717, 1.165) is 25.7 Å². The van der Waals surface area contributed by atoms with Crippen molar-refractivity contribution in [2.75, 3.05) is 6.61 Å². The molecule has 0 aliphatic heterocycles. The van der Waals surface area contributed by atoms with Gasteiger partial charge in [0.25, 0.3) is 5.88 Å². The van der Waals surface area contributed by atoms with Gasteiger partial charge in [0.2, 0.25) is 0 Å².